The molecule has 1 amide bonds. The highest BCUT2D eigenvalue weighted by molar-refractivity contribution is 7.18. The number of hydrogen-bond acceptors (Lipinski definition) is 7. The molecule has 0 aliphatic carbocycles. The Labute approximate surface area is 139 Å². The Morgan fingerprint density at radius 1 is 1.35 bits per heavy atom. The van der Waals surface area contributed by atoms with Gasteiger partial charge in [0.2, 0.25) is 9.97 Å². The lowest BCUT2D eigenvalue weighted by molar-refractivity contribution is 0.0600. The van der Waals surface area contributed by atoms with Crippen LogP contribution in [0.3, 0.4) is 0 Å². The van der Waals surface area contributed by atoms with Gasteiger partial charge in [-0.1, -0.05) is 22.9 Å². The van der Waals surface area contributed by atoms with E-state index < -0.39 is 11.9 Å². The van der Waals surface area contributed by atoms with Crippen LogP contribution in [-0.2, 0) is 4.74 Å². The van der Waals surface area contributed by atoms with Gasteiger partial charge in [0, 0.05) is 0 Å². The molecule has 3 aromatic rings. The van der Waals surface area contributed by atoms with Gasteiger partial charge in [-0.05, 0) is 25.1 Å². The van der Waals surface area contributed by atoms with Gasteiger partial charge in [-0.3, -0.25) is 4.79 Å². The molecule has 23 heavy (non-hydrogen) atoms. The van der Waals surface area contributed by atoms with Crippen LogP contribution in [0.2, 0.25) is 5.02 Å². The molecule has 8 nitrogen and oxygen atoms in total. The highest BCUT2D eigenvalue weighted by Gasteiger charge is 2.17. The van der Waals surface area contributed by atoms with Crippen molar-refractivity contribution in [1.82, 2.24) is 19.8 Å². The molecule has 0 saturated heterocycles. The summed E-state index contributed by atoms with van der Waals surface area (Å²) >= 11 is 7.14. The van der Waals surface area contributed by atoms with Gasteiger partial charge in [-0.15, -0.1) is 15.3 Å². The molecule has 2 heterocycles. The van der Waals surface area contributed by atoms with Crippen LogP contribution in [-0.4, -0.2) is 38.8 Å². The van der Waals surface area contributed by atoms with Crippen molar-refractivity contribution < 1.29 is 14.3 Å². The van der Waals surface area contributed by atoms with Crippen molar-refractivity contribution in [2.75, 3.05) is 12.4 Å². The van der Waals surface area contributed by atoms with Crippen LogP contribution in [0.25, 0.3) is 4.96 Å². The van der Waals surface area contributed by atoms with Gasteiger partial charge in [0.05, 0.1) is 23.4 Å². The first kappa shape index (κ1) is 15.4. The van der Waals surface area contributed by atoms with Crippen LogP contribution in [0.5, 0.6) is 0 Å². The summed E-state index contributed by atoms with van der Waals surface area (Å²) in [7, 11) is 1.27. The Kier molecular flexibility index (Phi) is 3.97. The SMILES string of the molecule is COC(=O)c1ccc(Cl)c(NC(=O)c2nn3c(C)nnc3s2)c1. The molecule has 0 unspecified atom stereocenters. The number of anilines is 1. The van der Waals surface area contributed by atoms with Gasteiger partial charge in [0.1, 0.15) is 0 Å². The number of rotatable bonds is 3. The van der Waals surface area contributed by atoms with Crippen molar-refractivity contribution in [3.05, 3.63) is 39.6 Å². The number of carbonyl (C=O) groups is 2. The van der Waals surface area contributed by atoms with Crippen molar-refractivity contribution in [3.63, 3.8) is 0 Å². The maximum absolute atomic E-state index is 12.3. The number of esters is 1. The van der Waals surface area contributed by atoms with Gasteiger partial charge in [0.15, 0.2) is 5.82 Å². The lowest BCUT2D eigenvalue weighted by atomic mass is 10.2. The van der Waals surface area contributed by atoms with E-state index in [-0.39, 0.29) is 10.6 Å². The maximum atomic E-state index is 12.3. The molecule has 0 fully saturated rings. The second kappa shape index (κ2) is 5.94. The van der Waals surface area contributed by atoms with E-state index in [2.05, 4.69) is 25.3 Å². The summed E-state index contributed by atoms with van der Waals surface area (Å²) in [6.07, 6.45) is 0. The number of ether oxygens (including phenoxy) is 1. The first-order valence-corrected chi connectivity index (χ1v) is 7.57. The summed E-state index contributed by atoms with van der Waals surface area (Å²) in [4.78, 5) is 24.4. The average Bonchev–Trinajstić information content (AvgIpc) is 3.11. The summed E-state index contributed by atoms with van der Waals surface area (Å²) in [6, 6.07) is 4.46. The lowest BCUT2D eigenvalue weighted by Crippen LogP contribution is -2.13. The molecule has 10 heteroatoms. The standard InChI is InChI=1S/C13H10ClN5O3S/c1-6-16-17-13-19(6)18-11(23-13)10(20)15-9-5-7(12(21)22-2)3-4-8(9)14/h3-5H,1-2H3,(H,15,20). The van der Waals surface area contributed by atoms with Gasteiger partial charge in [0.25, 0.3) is 5.91 Å². The van der Waals surface area contributed by atoms with Crippen LogP contribution in [0, 0.1) is 6.92 Å². The third-order valence-corrected chi connectivity index (χ3v) is 4.20. The fourth-order valence-electron chi connectivity index (χ4n) is 1.85. The first-order valence-electron chi connectivity index (χ1n) is 6.37. The van der Waals surface area contributed by atoms with Crippen molar-refractivity contribution in [2.24, 2.45) is 0 Å². The molecular weight excluding hydrogens is 342 g/mol. The minimum Gasteiger partial charge on any atom is -0.465 e. The maximum Gasteiger partial charge on any atom is 0.337 e. The molecule has 0 aliphatic heterocycles. The normalized spacial score (nSPS) is 10.7. The van der Waals surface area contributed by atoms with Crippen molar-refractivity contribution in [3.8, 4) is 0 Å². The molecule has 3 rings (SSSR count). The molecule has 0 saturated carbocycles. The monoisotopic (exact) mass is 351 g/mol. The molecule has 0 aliphatic rings. The second-order valence-corrected chi connectivity index (χ2v) is 5.85. The van der Waals surface area contributed by atoms with Crippen molar-refractivity contribution >= 4 is 45.5 Å². The zero-order valence-corrected chi connectivity index (χ0v) is 13.6. The highest BCUT2D eigenvalue weighted by Crippen LogP contribution is 2.25. The summed E-state index contributed by atoms with van der Waals surface area (Å²) in [5.74, 6) is -0.392. The van der Waals surface area contributed by atoms with E-state index in [1.54, 1.807) is 6.92 Å². The van der Waals surface area contributed by atoms with E-state index in [4.69, 9.17) is 11.6 Å². The molecule has 0 atom stereocenters. The Balaban J connectivity index is 1.88. The smallest absolute Gasteiger partial charge is 0.337 e. The van der Waals surface area contributed by atoms with E-state index in [0.29, 0.717) is 21.5 Å². The van der Waals surface area contributed by atoms with Crippen LogP contribution >= 0.6 is 22.9 Å². The fourth-order valence-corrected chi connectivity index (χ4v) is 2.79. The van der Waals surface area contributed by atoms with Gasteiger partial charge >= 0.3 is 5.97 Å². The highest BCUT2D eigenvalue weighted by atomic mass is 35.5. The van der Waals surface area contributed by atoms with Crippen LogP contribution in [0.15, 0.2) is 18.2 Å². The number of amides is 1. The number of hydrogen-bond donors (Lipinski definition) is 1. The van der Waals surface area contributed by atoms with Crippen LogP contribution in [0.4, 0.5) is 5.69 Å². The number of nitrogens with zero attached hydrogens (tertiary/aromatic N) is 4. The van der Waals surface area contributed by atoms with Crippen molar-refractivity contribution in [2.45, 2.75) is 6.92 Å². The summed E-state index contributed by atoms with van der Waals surface area (Å²) in [5, 5.41) is 15.0. The van der Waals surface area contributed by atoms with E-state index in [1.807, 2.05) is 0 Å². The summed E-state index contributed by atoms with van der Waals surface area (Å²) < 4.78 is 6.12. The molecule has 0 spiro atoms. The van der Waals surface area contributed by atoms with Gasteiger partial charge in [-0.25, -0.2) is 4.79 Å². The predicted molar refractivity (Wildman–Crippen MR) is 84.1 cm³/mol. The van der Waals surface area contributed by atoms with E-state index in [9.17, 15) is 9.59 Å². The largest absolute Gasteiger partial charge is 0.465 e. The molecule has 2 aromatic heterocycles. The number of nitrogens with one attached hydrogen (secondary N) is 1. The summed E-state index contributed by atoms with van der Waals surface area (Å²) in [6.45, 7) is 1.73. The fraction of sp³-hybridized carbons (Fsp3) is 0.154. The molecule has 0 bridgehead atoms. The Morgan fingerprint density at radius 2 is 2.13 bits per heavy atom. The number of fused-ring (bicyclic) bond motifs is 1. The molecule has 0 radical (unpaired) electrons. The Bertz CT molecular complexity index is 920. The van der Waals surface area contributed by atoms with Crippen molar-refractivity contribution in [1.29, 1.82) is 0 Å². The number of benzene rings is 1. The van der Waals surface area contributed by atoms with E-state index in [0.717, 1.165) is 11.3 Å². The third-order valence-electron chi connectivity index (χ3n) is 2.98. The lowest BCUT2D eigenvalue weighted by Gasteiger charge is -2.07. The van der Waals surface area contributed by atoms with Crippen LogP contribution in [0.1, 0.15) is 26.0 Å². The van der Waals surface area contributed by atoms with E-state index >= 15 is 0 Å². The van der Waals surface area contributed by atoms with Gasteiger partial charge < -0.3 is 10.1 Å². The minimum atomic E-state index is -0.522. The number of aryl methyl sites for hydroxylation is 1. The quantitative estimate of drug-likeness (QED) is 0.726. The van der Waals surface area contributed by atoms with E-state index in [1.165, 1.54) is 29.8 Å². The molecular formula is C13H10ClN5O3S. The second-order valence-electron chi connectivity index (χ2n) is 4.49. The number of halogens is 1. The van der Waals surface area contributed by atoms with Crippen LogP contribution < -0.4 is 5.32 Å². The predicted octanol–water partition coefficient (Wildman–Crippen LogP) is 2.19. The summed E-state index contributed by atoms with van der Waals surface area (Å²) in [5.41, 5.74) is 0.573. The number of methoxy groups -OCH3 is 1. The minimum absolute atomic E-state index is 0.206. The van der Waals surface area contributed by atoms with Gasteiger partial charge in [-0.2, -0.15) is 4.52 Å². The topological polar surface area (TPSA) is 98.5 Å². The molecule has 1 aromatic carbocycles. The Morgan fingerprint density at radius 3 is 2.83 bits per heavy atom. The zero-order chi connectivity index (χ0) is 16.6. The number of carbonyl (C=O) groups excluding carboxylic acids is 2. The number of aromatic nitrogens is 4. The molecule has 118 valence electrons. The average molecular weight is 352 g/mol. The zero-order valence-electron chi connectivity index (χ0n) is 12.0. The Hall–Kier alpha value is -2.52. The molecule has 1 N–H and O–H groups in total. The third kappa shape index (κ3) is 2.88. The first-order chi connectivity index (χ1) is 11.0.